The molecule has 0 amide bonds. The topological polar surface area (TPSA) is 42.5 Å². The average Bonchev–Trinajstić information content (AvgIpc) is 2.64. The summed E-state index contributed by atoms with van der Waals surface area (Å²) < 4.78 is 11.4. The lowest BCUT2D eigenvalue weighted by atomic mass is 9.80. The van der Waals surface area contributed by atoms with Crippen molar-refractivity contribution < 1.29 is 9.51 Å². The van der Waals surface area contributed by atoms with Gasteiger partial charge in [-0.25, -0.2) is 0 Å². The molecule has 0 bridgehead atoms. The van der Waals surface area contributed by atoms with Gasteiger partial charge in [0, 0.05) is 0 Å². The molecule has 114 valence electrons. The number of hydrogen-bond donors (Lipinski definition) is 2. The zero-order valence-corrected chi connectivity index (χ0v) is 12.6. The van der Waals surface area contributed by atoms with Crippen LogP contribution in [0, 0.1) is 0 Å². The van der Waals surface area contributed by atoms with E-state index in [-0.39, 0.29) is 0 Å². The quantitative estimate of drug-likeness (QED) is 0.518. The predicted octanol–water partition coefficient (Wildman–Crippen LogP) is 3.47. The van der Waals surface area contributed by atoms with Gasteiger partial charge in [0.25, 0.3) is 0 Å². The first-order valence-corrected chi connectivity index (χ1v) is 7.40. The molecule has 3 aromatic rings. The fraction of sp³-hybridized carbons (Fsp3) is 0. The van der Waals surface area contributed by atoms with Crippen molar-refractivity contribution in [3.8, 4) is 0 Å². The highest BCUT2D eigenvalue weighted by atomic mass is 16.7. The van der Waals surface area contributed by atoms with Gasteiger partial charge < -0.3 is 0 Å². The van der Waals surface area contributed by atoms with Crippen LogP contribution in [0.4, 0.5) is 11.4 Å². The molecule has 0 heterocycles. The zero-order valence-electron chi connectivity index (χ0n) is 12.6. The van der Waals surface area contributed by atoms with Crippen LogP contribution in [-0.4, -0.2) is 7.12 Å². The second-order valence-corrected chi connectivity index (χ2v) is 4.91. The first-order chi connectivity index (χ1) is 11.4. The van der Waals surface area contributed by atoms with Gasteiger partial charge in [-0.15, -0.1) is 0 Å². The summed E-state index contributed by atoms with van der Waals surface area (Å²) in [6.45, 7) is 0. The van der Waals surface area contributed by atoms with Gasteiger partial charge in [-0.3, -0.25) is 20.5 Å². The zero-order chi connectivity index (χ0) is 15.7. The Bertz CT molecular complexity index is 652. The molecule has 0 saturated carbocycles. The van der Waals surface area contributed by atoms with Crippen molar-refractivity contribution in [1.29, 1.82) is 0 Å². The molecule has 0 saturated heterocycles. The highest BCUT2D eigenvalue weighted by Gasteiger charge is 2.22. The SMILES string of the molecule is c1ccc(NOB(ONc2ccccc2)c2ccccc2)cc1. The molecule has 0 unspecified atom stereocenters. The van der Waals surface area contributed by atoms with Crippen molar-refractivity contribution in [2.75, 3.05) is 11.0 Å². The smallest absolute Gasteiger partial charge is 0.294 e. The lowest BCUT2D eigenvalue weighted by molar-refractivity contribution is 0.284. The first-order valence-electron chi connectivity index (χ1n) is 7.40. The molecule has 0 spiro atoms. The van der Waals surface area contributed by atoms with Crippen LogP contribution in [0.5, 0.6) is 0 Å². The Kier molecular flexibility index (Phi) is 5.29. The Balaban J connectivity index is 1.66. The number of hydrogen-bond acceptors (Lipinski definition) is 4. The van der Waals surface area contributed by atoms with Gasteiger partial charge in [0.1, 0.15) is 0 Å². The maximum absolute atomic E-state index is 5.70. The van der Waals surface area contributed by atoms with E-state index in [1.807, 2.05) is 91.0 Å². The Morgan fingerprint density at radius 2 is 0.913 bits per heavy atom. The molecule has 0 fully saturated rings. The maximum Gasteiger partial charge on any atom is 0.538 e. The minimum Gasteiger partial charge on any atom is -0.294 e. The lowest BCUT2D eigenvalue weighted by Gasteiger charge is -2.16. The van der Waals surface area contributed by atoms with E-state index < -0.39 is 7.12 Å². The van der Waals surface area contributed by atoms with Crippen LogP contribution in [0.3, 0.4) is 0 Å². The van der Waals surface area contributed by atoms with Gasteiger partial charge in [0.05, 0.1) is 11.4 Å². The molecule has 0 atom stereocenters. The molecule has 0 aromatic heterocycles. The third-order valence-corrected chi connectivity index (χ3v) is 3.19. The van der Waals surface area contributed by atoms with E-state index in [9.17, 15) is 0 Å². The minimum absolute atomic E-state index is 0.600. The van der Waals surface area contributed by atoms with Crippen LogP contribution in [0.1, 0.15) is 0 Å². The van der Waals surface area contributed by atoms with Crippen molar-refractivity contribution in [2.45, 2.75) is 0 Å². The number of para-hydroxylation sites is 2. The molecular formula is C18H17BN2O2. The molecule has 0 aliphatic rings. The van der Waals surface area contributed by atoms with Crippen LogP contribution in [0.2, 0.25) is 0 Å². The highest BCUT2D eigenvalue weighted by Crippen LogP contribution is 2.08. The third-order valence-electron chi connectivity index (χ3n) is 3.19. The van der Waals surface area contributed by atoms with Crippen molar-refractivity contribution >= 4 is 24.0 Å². The van der Waals surface area contributed by atoms with Gasteiger partial charge in [-0.1, -0.05) is 66.7 Å². The summed E-state index contributed by atoms with van der Waals surface area (Å²) in [6.07, 6.45) is 0. The summed E-state index contributed by atoms with van der Waals surface area (Å²) >= 11 is 0. The minimum atomic E-state index is -0.600. The van der Waals surface area contributed by atoms with Crippen molar-refractivity contribution in [3.63, 3.8) is 0 Å². The first kappa shape index (κ1) is 15.2. The summed E-state index contributed by atoms with van der Waals surface area (Å²) in [5.74, 6) is 0. The molecule has 0 radical (unpaired) electrons. The second-order valence-electron chi connectivity index (χ2n) is 4.91. The number of benzene rings is 3. The monoisotopic (exact) mass is 304 g/mol. The van der Waals surface area contributed by atoms with E-state index in [1.165, 1.54) is 0 Å². The molecular weight excluding hydrogens is 287 g/mol. The summed E-state index contributed by atoms with van der Waals surface area (Å²) in [5.41, 5.74) is 8.45. The summed E-state index contributed by atoms with van der Waals surface area (Å²) in [4.78, 5) is 0. The van der Waals surface area contributed by atoms with Crippen molar-refractivity contribution in [2.24, 2.45) is 0 Å². The Hall–Kier alpha value is -2.76. The van der Waals surface area contributed by atoms with E-state index in [1.54, 1.807) is 0 Å². The van der Waals surface area contributed by atoms with Crippen LogP contribution in [-0.2, 0) is 9.51 Å². The molecule has 2 N–H and O–H groups in total. The Morgan fingerprint density at radius 3 is 1.35 bits per heavy atom. The summed E-state index contributed by atoms with van der Waals surface area (Å²) in [7, 11) is -0.600. The van der Waals surface area contributed by atoms with E-state index in [2.05, 4.69) is 11.0 Å². The van der Waals surface area contributed by atoms with Crippen LogP contribution < -0.4 is 16.4 Å². The van der Waals surface area contributed by atoms with Gasteiger partial charge in [-0.2, -0.15) is 0 Å². The van der Waals surface area contributed by atoms with E-state index in [0.29, 0.717) is 0 Å². The van der Waals surface area contributed by atoms with E-state index >= 15 is 0 Å². The predicted molar refractivity (Wildman–Crippen MR) is 94.1 cm³/mol. The average molecular weight is 304 g/mol. The number of rotatable bonds is 7. The maximum atomic E-state index is 5.70. The largest absolute Gasteiger partial charge is 0.538 e. The van der Waals surface area contributed by atoms with Crippen LogP contribution in [0.25, 0.3) is 0 Å². The Labute approximate surface area is 136 Å². The van der Waals surface area contributed by atoms with E-state index in [4.69, 9.17) is 9.51 Å². The third kappa shape index (κ3) is 4.61. The van der Waals surface area contributed by atoms with Crippen molar-refractivity contribution in [1.82, 2.24) is 0 Å². The highest BCUT2D eigenvalue weighted by molar-refractivity contribution is 6.61. The summed E-state index contributed by atoms with van der Waals surface area (Å²) in [5, 5.41) is 0. The molecule has 0 aliphatic heterocycles. The van der Waals surface area contributed by atoms with Crippen molar-refractivity contribution in [3.05, 3.63) is 91.0 Å². The fourth-order valence-corrected chi connectivity index (χ4v) is 2.03. The van der Waals surface area contributed by atoms with Gasteiger partial charge in [-0.05, 0) is 29.7 Å². The molecule has 5 heteroatoms. The van der Waals surface area contributed by atoms with Crippen LogP contribution >= 0.6 is 0 Å². The van der Waals surface area contributed by atoms with Gasteiger partial charge in [0.15, 0.2) is 0 Å². The summed E-state index contributed by atoms with van der Waals surface area (Å²) in [6, 6.07) is 29.1. The lowest BCUT2D eigenvalue weighted by Crippen LogP contribution is -2.40. The van der Waals surface area contributed by atoms with Gasteiger partial charge in [0.2, 0.25) is 0 Å². The Morgan fingerprint density at radius 1 is 0.522 bits per heavy atom. The molecule has 3 aromatic carbocycles. The standard InChI is InChI=1S/C18H17BN2O2/c1-4-10-16(11-5-1)19(22-20-17-12-6-2-7-13-17)23-21-18-14-8-3-9-15-18/h1-15,20-21H. The normalized spacial score (nSPS) is 10.1. The number of nitrogens with one attached hydrogen (secondary N) is 2. The molecule has 23 heavy (non-hydrogen) atoms. The number of anilines is 2. The molecule has 4 nitrogen and oxygen atoms in total. The second kappa shape index (κ2) is 8.03. The fourth-order valence-electron chi connectivity index (χ4n) is 2.03. The molecule has 3 rings (SSSR count). The van der Waals surface area contributed by atoms with E-state index in [0.717, 1.165) is 16.8 Å². The molecule has 0 aliphatic carbocycles. The van der Waals surface area contributed by atoms with Crippen LogP contribution in [0.15, 0.2) is 91.0 Å². The van der Waals surface area contributed by atoms with Gasteiger partial charge >= 0.3 is 7.12 Å².